The van der Waals surface area contributed by atoms with Gasteiger partial charge in [0.15, 0.2) is 0 Å². The lowest BCUT2D eigenvalue weighted by molar-refractivity contribution is -0.384. The number of aromatic amines is 1. The van der Waals surface area contributed by atoms with Crippen molar-refractivity contribution < 1.29 is 14.4 Å². The number of H-pyrrole nitrogens is 1. The van der Waals surface area contributed by atoms with Gasteiger partial charge in [-0.05, 0) is 12.1 Å². The Morgan fingerprint density at radius 1 is 1.35 bits per heavy atom. The molecule has 0 amide bonds. The van der Waals surface area contributed by atoms with Crippen LogP contribution in [0.4, 0.5) is 5.69 Å². The topological polar surface area (TPSA) is 127 Å². The van der Waals surface area contributed by atoms with E-state index in [2.05, 4.69) is 10.1 Å². The molecule has 0 aliphatic rings. The fourth-order valence-corrected chi connectivity index (χ4v) is 1.93. The first-order chi connectivity index (χ1) is 11.0. The molecule has 0 aliphatic carbocycles. The summed E-state index contributed by atoms with van der Waals surface area (Å²) in [7, 11) is 0. The highest BCUT2D eigenvalue weighted by Gasteiger charge is 2.09. The van der Waals surface area contributed by atoms with Crippen molar-refractivity contribution in [3.8, 4) is 17.2 Å². The highest BCUT2D eigenvalue weighted by molar-refractivity contribution is 5.77. The number of nitrogens with zero attached hydrogens (tertiary/aromatic N) is 3. The fraction of sp³-hybridized carbons (Fsp3) is 0. The Morgan fingerprint density at radius 2 is 2.17 bits per heavy atom. The maximum Gasteiger partial charge on any atom is 0.349 e. The zero-order valence-electron chi connectivity index (χ0n) is 11.5. The van der Waals surface area contributed by atoms with E-state index in [0.29, 0.717) is 17.1 Å². The molecule has 116 valence electrons. The fourth-order valence-electron chi connectivity index (χ4n) is 1.93. The second-order valence-electron chi connectivity index (χ2n) is 4.54. The van der Waals surface area contributed by atoms with Crippen molar-refractivity contribution in [2.45, 2.75) is 0 Å². The number of aromatic nitrogens is 2. The van der Waals surface area contributed by atoms with Gasteiger partial charge in [0.1, 0.15) is 11.5 Å². The number of nitro benzene ring substituents is 1. The van der Waals surface area contributed by atoms with E-state index in [1.54, 1.807) is 24.3 Å². The molecule has 0 fully saturated rings. The zero-order chi connectivity index (χ0) is 16.4. The van der Waals surface area contributed by atoms with Gasteiger partial charge >= 0.3 is 5.69 Å². The van der Waals surface area contributed by atoms with Gasteiger partial charge in [-0.1, -0.05) is 12.1 Å². The van der Waals surface area contributed by atoms with Crippen molar-refractivity contribution in [2.75, 3.05) is 0 Å². The van der Waals surface area contributed by atoms with Crippen LogP contribution in [0.2, 0.25) is 0 Å². The molecular weight excluding hydrogens is 304 g/mol. The number of hydrogen-bond donors (Lipinski definition) is 2. The van der Waals surface area contributed by atoms with Crippen LogP contribution in [0.5, 0.6) is 5.88 Å². The molecule has 9 heteroatoms. The molecule has 0 saturated heterocycles. The summed E-state index contributed by atoms with van der Waals surface area (Å²) in [5.74, 6) is 0.474. The Morgan fingerprint density at radius 3 is 2.87 bits per heavy atom. The van der Waals surface area contributed by atoms with Crippen LogP contribution in [-0.4, -0.2) is 25.9 Å². The lowest BCUT2D eigenvalue weighted by Crippen LogP contribution is -2.11. The van der Waals surface area contributed by atoms with Crippen molar-refractivity contribution in [1.82, 2.24) is 9.66 Å². The highest BCUT2D eigenvalue weighted by atomic mass is 16.6. The first-order valence-corrected chi connectivity index (χ1v) is 6.42. The van der Waals surface area contributed by atoms with E-state index in [1.807, 2.05) is 0 Å². The van der Waals surface area contributed by atoms with E-state index in [1.165, 1.54) is 18.3 Å². The van der Waals surface area contributed by atoms with Gasteiger partial charge in [0.2, 0.25) is 5.88 Å². The van der Waals surface area contributed by atoms with Gasteiger partial charge in [-0.25, -0.2) is 4.79 Å². The summed E-state index contributed by atoms with van der Waals surface area (Å²) in [6.07, 6.45) is 2.40. The largest absolute Gasteiger partial charge is 0.493 e. The zero-order valence-corrected chi connectivity index (χ0v) is 11.5. The van der Waals surface area contributed by atoms with Crippen molar-refractivity contribution >= 4 is 11.9 Å². The Labute approximate surface area is 128 Å². The van der Waals surface area contributed by atoms with E-state index in [-0.39, 0.29) is 11.6 Å². The van der Waals surface area contributed by atoms with E-state index in [4.69, 9.17) is 9.52 Å². The van der Waals surface area contributed by atoms with Crippen LogP contribution in [0, 0.1) is 10.1 Å². The predicted molar refractivity (Wildman–Crippen MR) is 80.5 cm³/mol. The van der Waals surface area contributed by atoms with Gasteiger partial charge in [0, 0.05) is 17.7 Å². The third-order valence-corrected chi connectivity index (χ3v) is 2.97. The van der Waals surface area contributed by atoms with Crippen molar-refractivity contribution in [3.05, 3.63) is 69.0 Å². The Balaban J connectivity index is 1.86. The molecule has 2 N–H and O–H groups in total. The molecule has 3 aromatic rings. The Kier molecular flexibility index (Phi) is 3.51. The molecule has 0 atom stereocenters. The normalized spacial score (nSPS) is 11.1. The number of rotatable bonds is 4. The predicted octanol–water partition coefficient (Wildman–Crippen LogP) is 1.93. The minimum absolute atomic E-state index is 0.0385. The minimum Gasteiger partial charge on any atom is -0.493 e. The number of nitrogens with one attached hydrogen (secondary N) is 1. The van der Waals surface area contributed by atoms with Gasteiger partial charge in [-0.2, -0.15) is 9.78 Å². The van der Waals surface area contributed by atoms with Crippen LogP contribution in [0.15, 0.2) is 56.9 Å². The van der Waals surface area contributed by atoms with Gasteiger partial charge in [-0.3, -0.25) is 15.1 Å². The van der Waals surface area contributed by atoms with Crippen LogP contribution in [0.25, 0.3) is 11.3 Å². The first-order valence-electron chi connectivity index (χ1n) is 6.42. The molecule has 0 bridgehead atoms. The van der Waals surface area contributed by atoms with Crippen molar-refractivity contribution in [1.29, 1.82) is 0 Å². The first kappa shape index (κ1) is 14.3. The summed E-state index contributed by atoms with van der Waals surface area (Å²) in [6, 6.07) is 9.27. The monoisotopic (exact) mass is 314 g/mol. The van der Waals surface area contributed by atoms with Gasteiger partial charge in [0.25, 0.3) is 5.69 Å². The van der Waals surface area contributed by atoms with Gasteiger partial charge in [-0.15, -0.1) is 0 Å². The van der Waals surface area contributed by atoms with Crippen molar-refractivity contribution in [2.24, 2.45) is 5.10 Å². The SMILES string of the molecule is O=c1[nH]c(O)cn1N=Cc1ccc(-c2cccc([N+](=O)[O-])c2)o1. The number of nitro groups is 1. The summed E-state index contributed by atoms with van der Waals surface area (Å²) in [5, 5.41) is 23.7. The summed E-state index contributed by atoms with van der Waals surface area (Å²) in [4.78, 5) is 23.8. The average molecular weight is 314 g/mol. The molecule has 0 unspecified atom stereocenters. The number of imidazole rings is 1. The third-order valence-electron chi connectivity index (χ3n) is 2.97. The maximum atomic E-state index is 11.3. The number of furan rings is 1. The molecule has 0 aliphatic heterocycles. The number of benzene rings is 1. The lowest BCUT2D eigenvalue weighted by Gasteiger charge is -1.96. The molecule has 2 heterocycles. The molecule has 0 radical (unpaired) electrons. The molecule has 0 saturated carbocycles. The van der Waals surface area contributed by atoms with Crippen LogP contribution in [-0.2, 0) is 0 Å². The van der Waals surface area contributed by atoms with Gasteiger partial charge in [0.05, 0.1) is 17.3 Å². The van der Waals surface area contributed by atoms with Crippen molar-refractivity contribution in [3.63, 3.8) is 0 Å². The molecule has 1 aromatic carbocycles. The average Bonchev–Trinajstić information content (AvgIpc) is 3.11. The number of aromatic hydroxyl groups is 1. The van der Waals surface area contributed by atoms with E-state index >= 15 is 0 Å². The minimum atomic E-state index is -0.593. The van der Waals surface area contributed by atoms with Crippen LogP contribution >= 0.6 is 0 Å². The summed E-state index contributed by atoms with van der Waals surface area (Å²) >= 11 is 0. The second kappa shape index (κ2) is 5.64. The van der Waals surface area contributed by atoms with E-state index < -0.39 is 10.6 Å². The molecule has 2 aromatic heterocycles. The third kappa shape index (κ3) is 3.02. The van der Waals surface area contributed by atoms with E-state index in [0.717, 1.165) is 10.9 Å². The lowest BCUT2D eigenvalue weighted by atomic mass is 10.1. The second-order valence-corrected chi connectivity index (χ2v) is 4.54. The van der Waals surface area contributed by atoms with Crippen LogP contribution < -0.4 is 5.69 Å². The molecule has 3 rings (SSSR count). The summed E-state index contributed by atoms with van der Waals surface area (Å²) in [6.45, 7) is 0. The van der Waals surface area contributed by atoms with Crippen LogP contribution in [0.3, 0.4) is 0 Å². The van der Waals surface area contributed by atoms with Crippen LogP contribution in [0.1, 0.15) is 5.76 Å². The highest BCUT2D eigenvalue weighted by Crippen LogP contribution is 2.25. The van der Waals surface area contributed by atoms with Gasteiger partial charge < -0.3 is 9.52 Å². The molecule has 9 nitrogen and oxygen atoms in total. The quantitative estimate of drug-likeness (QED) is 0.432. The molecular formula is C14H10N4O5. The molecule has 0 spiro atoms. The Hall–Kier alpha value is -3.62. The smallest absolute Gasteiger partial charge is 0.349 e. The number of non-ortho nitro benzene ring substituents is 1. The summed E-state index contributed by atoms with van der Waals surface area (Å²) < 4.78 is 6.42. The molecule has 23 heavy (non-hydrogen) atoms. The maximum absolute atomic E-state index is 11.3. The van der Waals surface area contributed by atoms with E-state index in [9.17, 15) is 14.9 Å². The standard InChI is InChI=1S/C14H10N4O5/c19-13-8-17(14(20)16-13)15-7-11-4-5-12(23-11)9-2-1-3-10(6-9)18(21)22/h1-8,19H,(H,16,20). The Bertz CT molecular complexity index is 950. The number of hydrogen-bond acceptors (Lipinski definition) is 6. The summed E-state index contributed by atoms with van der Waals surface area (Å²) in [5.41, 5.74) is -0.0806.